The van der Waals surface area contributed by atoms with Crippen LogP contribution in [0.3, 0.4) is 0 Å². The molecule has 2 N–H and O–H groups in total. The predicted octanol–water partition coefficient (Wildman–Crippen LogP) is -0.861. The monoisotopic (exact) mass is 189 g/mol. The quantitative estimate of drug-likeness (QED) is 0.561. The number of nitrogens with one attached hydrogen (secondary N) is 1. The van der Waals surface area contributed by atoms with Crippen molar-refractivity contribution >= 4 is 17.8 Å². The third kappa shape index (κ3) is 4.78. The normalized spacial score (nSPS) is 11.5. The highest BCUT2D eigenvalue weighted by Gasteiger charge is 2.22. The average Bonchev–Trinajstić information content (AvgIpc) is 2.00. The molecule has 13 heavy (non-hydrogen) atoms. The number of hydrogen-bond donors (Lipinski definition) is 2. The lowest BCUT2D eigenvalue weighted by molar-refractivity contribution is -0.149. The Morgan fingerprint density at radius 1 is 1.46 bits per heavy atom. The average molecular weight is 189 g/mol. The molecule has 0 rings (SSSR count). The molecule has 1 atom stereocenters. The van der Waals surface area contributed by atoms with Gasteiger partial charge in [0.1, 0.15) is 6.04 Å². The zero-order chi connectivity index (χ0) is 10.4. The van der Waals surface area contributed by atoms with E-state index < -0.39 is 30.3 Å². The third-order valence-corrected chi connectivity index (χ3v) is 1.24. The van der Waals surface area contributed by atoms with Crippen LogP contribution >= 0.6 is 0 Å². The maximum Gasteiger partial charge on any atom is 0.328 e. The molecule has 0 radical (unpaired) electrons. The Morgan fingerprint density at radius 2 is 2.00 bits per heavy atom. The molecule has 0 aliphatic rings. The lowest BCUT2D eigenvalue weighted by Gasteiger charge is -2.12. The first kappa shape index (κ1) is 11.4. The van der Waals surface area contributed by atoms with Gasteiger partial charge < -0.3 is 15.2 Å². The van der Waals surface area contributed by atoms with Crippen LogP contribution in [0.5, 0.6) is 0 Å². The van der Waals surface area contributed by atoms with E-state index >= 15 is 0 Å². The van der Waals surface area contributed by atoms with Crippen molar-refractivity contribution in [2.45, 2.75) is 19.4 Å². The van der Waals surface area contributed by atoms with Gasteiger partial charge in [0.05, 0.1) is 13.5 Å². The maximum absolute atomic E-state index is 10.9. The number of carbonyl (C=O) groups is 3. The number of methoxy groups -OCH3 is 1. The summed E-state index contributed by atoms with van der Waals surface area (Å²) in [5.74, 6) is -2.42. The van der Waals surface area contributed by atoms with Crippen molar-refractivity contribution in [1.29, 1.82) is 0 Å². The van der Waals surface area contributed by atoms with Crippen molar-refractivity contribution in [2.75, 3.05) is 7.11 Å². The van der Waals surface area contributed by atoms with Crippen molar-refractivity contribution in [2.24, 2.45) is 0 Å². The minimum atomic E-state index is -1.18. The van der Waals surface area contributed by atoms with Crippen molar-refractivity contribution in [3.05, 3.63) is 0 Å². The summed E-state index contributed by atoms with van der Waals surface area (Å²) in [6, 6.07) is -1.11. The smallest absolute Gasteiger partial charge is 0.328 e. The lowest BCUT2D eigenvalue weighted by Crippen LogP contribution is -2.41. The summed E-state index contributed by atoms with van der Waals surface area (Å²) in [6.45, 7) is 1.19. The van der Waals surface area contributed by atoms with Gasteiger partial charge in [-0.1, -0.05) is 0 Å². The second-order valence-electron chi connectivity index (χ2n) is 2.37. The predicted molar refractivity (Wildman–Crippen MR) is 41.9 cm³/mol. The molecular weight excluding hydrogens is 178 g/mol. The molecule has 6 nitrogen and oxygen atoms in total. The summed E-state index contributed by atoms with van der Waals surface area (Å²) in [7, 11) is 1.12. The molecule has 0 aromatic carbocycles. The van der Waals surface area contributed by atoms with Gasteiger partial charge in [0.15, 0.2) is 0 Å². The number of ether oxygens (including phenoxy) is 1. The van der Waals surface area contributed by atoms with Crippen molar-refractivity contribution < 1.29 is 24.2 Å². The van der Waals surface area contributed by atoms with Crippen LogP contribution in [-0.2, 0) is 19.1 Å². The van der Waals surface area contributed by atoms with Crippen LogP contribution in [0.4, 0.5) is 0 Å². The fraction of sp³-hybridized carbons (Fsp3) is 0.571. The van der Waals surface area contributed by atoms with Gasteiger partial charge in [0.25, 0.3) is 0 Å². The first-order valence-corrected chi connectivity index (χ1v) is 3.54. The topological polar surface area (TPSA) is 92.7 Å². The van der Waals surface area contributed by atoms with Gasteiger partial charge in [-0.05, 0) is 0 Å². The highest BCUT2D eigenvalue weighted by Crippen LogP contribution is 1.95. The largest absolute Gasteiger partial charge is 0.481 e. The number of aliphatic carboxylic acids is 1. The number of amides is 1. The molecule has 1 amide bonds. The lowest BCUT2D eigenvalue weighted by atomic mass is 10.2. The van der Waals surface area contributed by atoms with Crippen LogP contribution in [0.2, 0.25) is 0 Å². The summed E-state index contributed by atoms with van der Waals surface area (Å²) in [5, 5.41) is 10.5. The van der Waals surface area contributed by atoms with Gasteiger partial charge >= 0.3 is 11.9 Å². The van der Waals surface area contributed by atoms with E-state index in [9.17, 15) is 14.4 Å². The van der Waals surface area contributed by atoms with E-state index in [1.165, 1.54) is 6.92 Å². The van der Waals surface area contributed by atoms with Gasteiger partial charge in [0.2, 0.25) is 5.91 Å². The Hall–Kier alpha value is -1.59. The summed E-state index contributed by atoms with van der Waals surface area (Å²) < 4.78 is 4.30. The minimum Gasteiger partial charge on any atom is -0.481 e. The molecule has 6 heteroatoms. The van der Waals surface area contributed by atoms with Crippen LogP contribution in [-0.4, -0.2) is 36.1 Å². The Kier molecular flexibility index (Phi) is 4.50. The van der Waals surface area contributed by atoms with Crippen molar-refractivity contribution in [3.8, 4) is 0 Å². The fourth-order valence-electron chi connectivity index (χ4n) is 0.756. The van der Waals surface area contributed by atoms with Crippen LogP contribution in [0, 0.1) is 0 Å². The number of carboxylic acids is 1. The zero-order valence-corrected chi connectivity index (χ0v) is 7.36. The van der Waals surface area contributed by atoms with Crippen LogP contribution in [0.25, 0.3) is 0 Å². The Labute approximate surface area is 74.9 Å². The Bertz CT molecular complexity index is 209. The number of carbonyl (C=O) groups excluding carboxylic acids is 2. The molecule has 0 spiro atoms. The molecule has 0 bridgehead atoms. The van der Waals surface area contributed by atoms with E-state index in [1.54, 1.807) is 0 Å². The van der Waals surface area contributed by atoms with E-state index in [0.29, 0.717) is 0 Å². The molecule has 0 heterocycles. The van der Waals surface area contributed by atoms with E-state index in [0.717, 1.165) is 7.11 Å². The molecular formula is C7H11NO5. The molecule has 0 saturated carbocycles. The number of carboxylic acid groups (broad SMARTS) is 1. The van der Waals surface area contributed by atoms with Crippen LogP contribution < -0.4 is 5.32 Å². The number of rotatable bonds is 4. The minimum absolute atomic E-state index is 0.475. The fourth-order valence-corrected chi connectivity index (χ4v) is 0.756. The second kappa shape index (κ2) is 5.13. The van der Waals surface area contributed by atoms with E-state index in [2.05, 4.69) is 10.1 Å². The van der Waals surface area contributed by atoms with E-state index in [1.807, 2.05) is 0 Å². The van der Waals surface area contributed by atoms with Crippen LogP contribution in [0.15, 0.2) is 0 Å². The molecule has 0 aliphatic carbocycles. The third-order valence-electron chi connectivity index (χ3n) is 1.24. The Morgan fingerprint density at radius 3 is 2.31 bits per heavy atom. The maximum atomic E-state index is 10.9. The number of hydrogen-bond acceptors (Lipinski definition) is 4. The summed E-state index contributed by atoms with van der Waals surface area (Å²) in [5.41, 5.74) is 0. The number of esters is 1. The molecule has 0 saturated heterocycles. The van der Waals surface area contributed by atoms with E-state index in [-0.39, 0.29) is 0 Å². The highest BCUT2D eigenvalue weighted by atomic mass is 16.5. The van der Waals surface area contributed by atoms with Crippen molar-refractivity contribution in [3.63, 3.8) is 0 Å². The van der Waals surface area contributed by atoms with Crippen molar-refractivity contribution in [1.82, 2.24) is 5.32 Å². The molecule has 0 unspecified atom stereocenters. The molecule has 0 fully saturated rings. The van der Waals surface area contributed by atoms with Gasteiger partial charge in [-0.2, -0.15) is 0 Å². The van der Waals surface area contributed by atoms with Gasteiger partial charge in [-0.3, -0.25) is 9.59 Å². The molecule has 0 aromatic rings. The highest BCUT2D eigenvalue weighted by molar-refractivity contribution is 5.86. The first-order chi connectivity index (χ1) is 5.97. The molecule has 74 valence electrons. The van der Waals surface area contributed by atoms with Crippen LogP contribution in [0.1, 0.15) is 13.3 Å². The summed E-state index contributed by atoms with van der Waals surface area (Å²) in [4.78, 5) is 31.7. The first-order valence-electron chi connectivity index (χ1n) is 3.54. The summed E-state index contributed by atoms with van der Waals surface area (Å²) in [6.07, 6.45) is -0.480. The Balaban J connectivity index is 4.26. The molecule has 0 aromatic heterocycles. The van der Waals surface area contributed by atoms with Gasteiger partial charge in [-0.15, -0.1) is 0 Å². The summed E-state index contributed by atoms with van der Waals surface area (Å²) >= 11 is 0. The van der Waals surface area contributed by atoms with Gasteiger partial charge in [-0.25, -0.2) is 4.79 Å². The zero-order valence-electron chi connectivity index (χ0n) is 7.36. The SMILES string of the molecule is COC(=O)[C@@H](CC(=O)O)NC(C)=O. The van der Waals surface area contributed by atoms with E-state index in [4.69, 9.17) is 5.11 Å². The molecule has 0 aliphatic heterocycles. The standard InChI is InChI=1S/C7H11NO5/c1-4(9)8-5(3-6(10)11)7(12)13-2/h5H,3H2,1-2H3,(H,8,9)(H,10,11)/t5-/m1/s1. The van der Waals surface area contributed by atoms with Gasteiger partial charge in [0, 0.05) is 6.92 Å². The second-order valence-corrected chi connectivity index (χ2v) is 2.37.